The van der Waals surface area contributed by atoms with E-state index in [2.05, 4.69) is 5.32 Å². The summed E-state index contributed by atoms with van der Waals surface area (Å²) in [6, 6.07) is 24.5. The highest BCUT2D eigenvalue weighted by Crippen LogP contribution is 2.40. The molecule has 0 aliphatic carbocycles. The number of benzene rings is 4. The molecule has 0 unspecified atom stereocenters. The van der Waals surface area contributed by atoms with Gasteiger partial charge in [0, 0.05) is 28.9 Å². The minimum Gasteiger partial charge on any atom is -0.493 e. The number of nitrogens with zero attached hydrogens (tertiary/aromatic N) is 1. The van der Waals surface area contributed by atoms with Gasteiger partial charge in [0.25, 0.3) is 0 Å². The highest BCUT2D eigenvalue weighted by molar-refractivity contribution is 5.97. The lowest BCUT2D eigenvalue weighted by Gasteiger charge is -2.26. The fraction of sp³-hybridized carbons (Fsp3) is 0.235. The number of hydrogen-bond acceptors (Lipinski definition) is 7. The number of nitrogens with two attached hydrogens (primary N) is 1. The monoisotopic (exact) mass is 619 g/mol. The van der Waals surface area contributed by atoms with Crippen molar-refractivity contribution in [3.05, 3.63) is 107 Å². The normalized spacial score (nSPS) is 13.8. The van der Waals surface area contributed by atoms with Gasteiger partial charge < -0.3 is 30.2 Å². The van der Waals surface area contributed by atoms with Gasteiger partial charge in [-0.15, -0.1) is 0 Å². The zero-order valence-electron chi connectivity index (χ0n) is 24.7. The van der Waals surface area contributed by atoms with Gasteiger partial charge in [-0.3, -0.25) is 9.59 Å². The van der Waals surface area contributed by atoms with Crippen molar-refractivity contribution in [2.75, 3.05) is 29.7 Å². The number of amides is 1. The predicted molar refractivity (Wildman–Crippen MR) is 165 cm³/mol. The molecule has 4 aromatic carbocycles. The third-order valence-electron chi connectivity index (χ3n) is 7.66. The predicted octanol–water partition coefficient (Wildman–Crippen LogP) is 7.03. The highest BCUT2D eigenvalue weighted by Gasteiger charge is 2.43. The number of methoxy groups -OCH3 is 1. The molecule has 0 aromatic heterocycles. The van der Waals surface area contributed by atoms with Crippen LogP contribution >= 0.6 is 0 Å². The summed E-state index contributed by atoms with van der Waals surface area (Å²) in [5.74, 6) is -1.94. The van der Waals surface area contributed by atoms with Gasteiger partial charge in [0.15, 0.2) is 0 Å². The van der Waals surface area contributed by atoms with Crippen molar-refractivity contribution in [3.63, 3.8) is 0 Å². The van der Waals surface area contributed by atoms with E-state index in [0.29, 0.717) is 56.8 Å². The molecule has 1 aliphatic heterocycles. The standard InChI is InChI=1S/C34H32F3N3O5/c1-21-23(10-6-11-27(21)39-28-12-7-13-29(32(28)38)44-19-22-8-4-3-5-9-22)18-40(33(42)34(35,36)37)25-14-15-26-24(16-31(41)43-2)20-45-30(26)17-25/h3-15,17,24,39H,16,18-20,38H2,1-2H3/t24-/m1/s1. The second-order valence-electron chi connectivity index (χ2n) is 10.6. The minimum atomic E-state index is -5.12. The minimum absolute atomic E-state index is 0.0139. The average Bonchev–Trinajstić information content (AvgIpc) is 3.43. The van der Waals surface area contributed by atoms with Gasteiger partial charge in [0.05, 0.1) is 38.1 Å². The number of rotatable bonds is 10. The summed E-state index contributed by atoms with van der Waals surface area (Å²) in [4.78, 5) is 25.2. The molecule has 1 aliphatic rings. The van der Waals surface area contributed by atoms with Gasteiger partial charge in [0.1, 0.15) is 18.1 Å². The Morgan fingerprint density at radius 1 is 1.00 bits per heavy atom. The SMILES string of the molecule is COC(=O)C[C@@H]1COc2cc(N(Cc3cccc(Nc4cccc(OCc5ccccc5)c4N)c3C)C(=O)C(F)(F)F)ccc21. The third kappa shape index (κ3) is 7.14. The Bertz CT molecular complexity index is 1690. The van der Waals surface area contributed by atoms with E-state index in [-0.39, 0.29) is 31.2 Å². The quantitative estimate of drug-likeness (QED) is 0.145. The molecule has 3 N–H and O–H groups in total. The summed E-state index contributed by atoms with van der Waals surface area (Å²) in [6.07, 6.45) is -5.05. The van der Waals surface area contributed by atoms with Crippen molar-refractivity contribution in [1.82, 2.24) is 0 Å². The van der Waals surface area contributed by atoms with Crippen LogP contribution in [0, 0.1) is 6.92 Å². The van der Waals surface area contributed by atoms with Crippen molar-refractivity contribution in [3.8, 4) is 11.5 Å². The Morgan fingerprint density at radius 2 is 1.73 bits per heavy atom. The number of hydrogen-bond donors (Lipinski definition) is 2. The van der Waals surface area contributed by atoms with Crippen LogP contribution in [0.1, 0.15) is 34.6 Å². The molecule has 8 nitrogen and oxygen atoms in total. The summed E-state index contributed by atoms with van der Waals surface area (Å²) in [6.45, 7) is 1.89. The molecule has 0 saturated carbocycles. The van der Waals surface area contributed by atoms with Crippen LogP contribution in [-0.2, 0) is 27.5 Å². The maximum absolute atomic E-state index is 13.8. The number of carbonyl (C=O) groups is 2. The lowest BCUT2D eigenvalue weighted by atomic mass is 9.97. The average molecular weight is 620 g/mol. The number of halogens is 3. The molecule has 45 heavy (non-hydrogen) atoms. The summed E-state index contributed by atoms with van der Waals surface area (Å²) in [5.41, 5.74) is 10.7. The maximum atomic E-state index is 13.8. The molecule has 5 rings (SSSR count). The van der Waals surface area contributed by atoms with E-state index < -0.39 is 18.1 Å². The highest BCUT2D eigenvalue weighted by atomic mass is 19.4. The molecule has 4 aromatic rings. The molecule has 234 valence electrons. The molecule has 1 amide bonds. The van der Waals surface area contributed by atoms with E-state index in [1.54, 1.807) is 49.4 Å². The molecule has 0 saturated heterocycles. The first-order valence-corrected chi connectivity index (χ1v) is 14.2. The number of fused-ring (bicyclic) bond motifs is 1. The van der Waals surface area contributed by atoms with Gasteiger partial charge in [0.2, 0.25) is 0 Å². The van der Waals surface area contributed by atoms with Crippen molar-refractivity contribution < 1.29 is 37.0 Å². The van der Waals surface area contributed by atoms with E-state index in [9.17, 15) is 22.8 Å². The molecular weight excluding hydrogens is 587 g/mol. The molecular formula is C34H32F3N3O5. The van der Waals surface area contributed by atoms with Crippen LogP contribution in [0.5, 0.6) is 11.5 Å². The number of esters is 1. The number of anilines is 4. The van der Waals surface area contributed by atoms with Gasteiger partial charge >= 0.3 is 18.1 Å². The number of alkyl halides is 3. The van der Waals surface area contributed by atoms with Crippen molar-refractivity contribution >= 4 is 34.6 Å². The number of para-hydroxylation sites is 1. The Kier molecular flexibility index (Phi) is 9.17. The third-order valence-corrected chi connectivity index (χ3v) is 7.66. The first-order chi connectivity index (χ1) is 21.5. The number of ether oxygens (including phenoxy) is 3. The Labute approximate surface area is 258 Å². The summed E-state index contributed by atoms with van der Waals surface area (Å²) >= 11 is 0. The van der Waals surface area contributed by atoms with Crippen LogP contribution in [-0.4, -0.2) is 31.8 Å². The van der Waals surface area contributed by atoms with Crippen molar-refractivity contribution in [2.45, 2.75) is 38.6 Å². The molecule has 0 bridgehead atoms. The lowest BCUT2D eigenvalue weighted by Crippen LogP contribution is -2.41. The van der Waals surface area contributed by atoms with Crippen LogP contribution < -0.4 is 25.4 Å². The number of carbonyl (C=O) groups excluding carboxylic acids is 2. The topological polar surface area (TPSA) is 103 Å². The van der Waals surface area contributed by atoms with Crippen LogP contribution in [0.15, 0.2) is 84.9 Å². The van der Waals surface area contributed by atoms with Gasteiger partial charge in [-0.25, -0.2) is 0 Å². The number of nitrogens with one attached hydrogen (secondary N) is 1. The van der Waals surface area contributed by atoms with E-state index in [4.69, 9.17) is 19.9 Å². The lowest BCUT2D eigenvalue weighted by molar-refractivity contribution is -0.170. The number of nitrogen functional groups attached to an aromatic ring is 1. The van der Waals surface area contributed by atoms with E-state index in [1.807, 2.05) is 30.3 Å². The second kappa shape index (κ2) is 13.2. The van der Waals surface area contributed by atoms with Gasteiger partial charge in [-0.05, 0) is 47.9 Å². The first-order valence-electron chi connectivity index (χ1n) is 14.2. The Morgan fingerprint density at radius 3 is 2.47 bits per heavy atom. The molecule has 0 spiro atoms. The molecule has 0 fully saturated rings. The Balaban J connectivity index is 1.39. The van der Waals surface area contributed by atoms with Gasteiger partial charge in [-0.1, -0.05) is 54.6 Å². The summed E-state index contributed by atoms with van der Waals surface area (Å²) in [7, 11) is 1.28. The molecule has 11 heteroatoms. The van der Waals surface area contributed by atoms with Crippen LogP contribution in [0.2, 0.25) is 0 Å². The summed E-state index contributed by atoms with van der Waals surface area (Å²) in [5, 5.41) is 3.26. The van der Waals surface area contributed by atoms with E-state index in [1.165, 1.54) is 19.2 Å². The van der Waals surface area contributed by atoms with Crippen LogP contribution in [0.3, 0.4) is 0 Å². The van der Waals surface area contributed by atoms with Crippen molar-refractivity contribution in [2.24, 2.45) is 0 Å². The van der Waals surface area contributed by atoms with E-state index in [0.717, 1.165) is 5.56 Å². The molecule has 0 radical (unpaired) electrons. The largest absolute Gasteiger partial charge is 0.493 e. The fourth-order valence-corrected chi connectivity index (χ4v) is 5.14. The first kappa shape index (κ1) is 31.2. The molecule has 1 atom stereocenters. The Hall–Kier alpha value is -5.19. The van der Waals surface area contributed by atoms with Crippen LogP contribution in [0.4, 0.5) is 35.9 Å². The maximum Gasteiger partial charge on any atom is 0.471 e. The smallest absolute Gasteiger partial charge is 0.471 e. The van der Waals surface area contributed by atoms with Crippen LogP contribution in [0.25, 0.3) is 0 Å². The fourth-order valence-electron chi connectivity index (χ4n) is 5.14. The summed E-state index contributed by atoms with van der Waals surface area (Å²) < 4.78 is 57.8. The zero-order chi connectivity index (χ0) is 32.1. The molecule has 1 heterocycles. The second-order valence-corrected chi connectivity index (χ2v) is 10.6. The van der Waals surface area contributed by atoms with Crippen molar-refractivity contribution in [1.29, 1.82) is 0 Å². The van der Waals surface area contributed by atoms with E-state index >= 15 is 0 Å². The van der Waals surface area contributed by atoms with Gasteiger partial charge in [-0.2, -0.15) is 13.2 Å². The zero-order valence-corrected chi connectivity index (χ0v) is 24.7.